The summed E-state index contributed by atoms with van der Waals surface area (Å²) in [6.45, 7) is 6.57. The number of carbonyl (C=O) groups excluding carboxylic acids is 2. The minimum atomic E-state index is -0.326. The quantitative estimate of drug-likeness (QED) is 0.559. The lowest BCUT2D eigenvalue weighted by atomic mass is 10.0. The number of anilines is 2. The normalized spacial score (nSPS) is 11.9. The lowest BCUT2D eigenvalue weighted by Crippen LogP contribution is -2.41. The number of carbonyl (C=O) groups is 2. The van der Waals surface area contributed by atoms with Crippen molar-refractivity contribution >= 4 is 23.2 Å². The second-order valence-corrected chi connectivity index (χ2v) is 8.06. The molecule has 2 amide bonds. The van der Waals surface area contributed by atoms with Gasteiger partial charge in [0.2, 0.25) is 0 Å². The molecular formula is C24H29N3O4. The van der Waals surface area contributed by atoms with E-state index in [9.17, 15) is 9.59 Å². The molecule has 0 saturated carbocycles. The molecule has 164 valence electrons. The summed E-state index contributed by atoms with van der Waals surface area (Å²) < 4.78 is 10.5. The van der Waals surface area contributed by atoms with Crippen molar-refractivity contribution in [3.05, 3.63) is 72.1 Å². The van der Waals surface area contributed by atoms with Crippen LogP contribution >= 0.6 is 0 Å². The van der Waals surface area contributed by atoms with E-state index < -0.39 is 0 Å². The maximum Gasteiger partial charge on any atom is 0.291 e. The van der Waals surface area contributed by atoms with E-state index in [1.807, 2.05) is 49.0 Å². The molecule has 2 aromatic heterocycles. The Kier molecular flexibility index (Phi) is 6.84. The van der Waals surface area contributed by atoms with Crippen LogP contribution in [0, 0.1) is 5.92 Å². The predicted molar refractivity (Wildman–Crippen MR) is 120 cm³/mol. The molecule has 3 rings (SSSR count). The average molecular weight is 424 g/mol. The maximum absolute atomic E-state index is 13.2. The predicted octanol–water partition coefficient (Wildman–Crippen LogP) is 4.88. The van der Waals surface area contributed by atoms with Crippen molar-refractivity contribution in [2.75, 3.05) is 24.3 Å². The van der Waals surface area contributed by atoms with Crippen molar-refractivity contribution in [2.24, 2.45) is 5.92 Å². The Morgan fingerprint density at radius 2 is 1.61 bits per heavy atom. The van der Waals surface area contributed by atoms with E-state index in [2.05, 4.69) is 19.2 Å². The SMILES string of the molecule is CC(C)[C@@H](C)N(Cc1cc(NC(=O)c2ccco2)ccc1N(C)C)C(=O)c1ccco1. The van der Waals surface area contributed by atoms with Crippen molar-refractivity contribution in [2.45, 2.75) is 33.4 Å². The first-order valence-corrected chi connectivity index (χ1v) is 10.3. The standard InChI is InChI=1S/C24H29N3O4/c1-16(2)17(3)27(24(29)22-9-7-13-31-22)15-18-14-19(10-11-20(18)26(4)5)25-23(28)21-8-6-12-30-21/h6-14,16-17H,15H2,1-5H3,(H,25,28)/t17-/m1/s1. The van der Waals surface area contributed by atoms with E-state index >= 15 is 0 Å². The fraction of sp³-hybridized carbons (Fsp3) is 0.333. The summed E-state index contributed by atoms with van der Waals surface area (Å²) in [5.41, 5.74) is 2.50. The Balaban J connectivity index is 1.93. The highest BCUT2D eigenvalue weighted by Gasteiger charge is 2.27. The zero-order valence-corrected chi connectivity index (χ0v) is 18.6. The summed E-state index contributed by atoms with van der Waals surface area (Å²) in [6.07, 6.45) is 2.96. The number of hydrogen-bond acceptors (Lipinski definition) is 5. The summed E-state index contributed by atoms with van der Waals surface area (Å²) >= 11 is 0. The maximum atomic E-state index is 13.2. The minimum Gasteiger partial charge on any atom is -0.459 e. The molecule has 1 aromatic carbocycles. The molecule has 7 nitrogen and oxygen atoms in total. The zero-order valence-electron chi connectivity index (χ0n) is 18.6. The van der Waals surface area contributed by atoms with Gasteiger partial charge < -0.3 is 24.0 Å². The van der Waals surface area contributed by atoms with E-state index in [0.717, 1.165) is 11.3 Å². The minimum absolute atomic E-state index is 0.0195. The van der Waals surface area contributed by atoms with Crippen LogP contribution in [0.3, 0.4) is 0 Å². The third kappa shape index (κ3) is 5.17. The van der Waals surface area contributed by atoms with Crippen molar-refractivity contribution in [3.63, 3.8) is 0 Å². The van der Waals surface area contributed by atoms with Crippen LogP contribution in [0.5, 0.6) is 0 Å². The van der Waals surface area contributed by atoms with Crippen LogP contribution in [0.2, 0.25) is 0 Å². The Morgan fingerprint density at radius 1 is 0.968 bits per heavy atom. The molecule has 0 radical (unpaired) electrons. The third-order valence-corrected chi connectivity index (χ3v) is 5.35. The van der Waals surface area contributed by atoms with Crippen molar-refractivity contribution in [1.29, 1.82) is 0 Å². The number of nitrogens with zero attached hydrogens (tertiary/aromatic N) is 2. The van der Waals surface area contributed by atoms with Crippen LogP contribution in [0.15, 0.2) is 63.8 Å². The summed E-state index contributed by atoms with van der Waals surface area (Å²) in [7, 11) is 3.90. The molecule has 0 bridgehead atoms. The highest BCUT2D eigenvalue weighted by atomic mass is 16.3. The van der Waals surface area contributed by atoms with Gasteiger partial charge in [-0.25, -0.2) is 0 Å². The molecule has 0 saturated heterocycles. The molecule has 3 aromatic rings. The smallest absolute Gasteiger partial charge is 0.291 e. The molecule has 1 N–H and O–H groups in total. The number of hydrogen-bond donors (Lipinski definition) is 1. The monoisotopic (exact) mass is 423 g/mol. The highest BCUT2D eigenvalue weighted by Crippen LogP contribution is 2.27. The fourth-order valence-electron chi connectivity index (χ4n) is 3.31. The zero-order chi connectivity index (χ0) is 22.5. The van der Waals surface area contributed by atoms with E-state index in [0.29, 0.717) is 18.0 Å². The van der Waals surface area contributed by atoms with Crippen LogP contribution in [0.4, 0.5) is 11.4 Å². The molecule has 0 aliphatic heterocycles. The van der Waals surface area contributed by atoms with Crippen LogP contribution in [-0.2, 0) is 6.54 Å². The second-order valence-electron chi connectivity index (χ2n) is 8.06. The third-order valence-electron chi connectivity index (χ3n) is 5.35. The molecule has 1 atom stereocenters. The molecule has 2 heterocycles. The van der Waals surface area contributed by atoms with Gasteiger partial charge in [-0.15, -0.1) is 0 Å². The number of furan rings is 2. The molecule has 0 aliphatic rings. The molecule has 7 heteroatoms. The number of rotatable bonds is 8. The van der Waals surface area contributed by atoms with Crippen molar-refractivity contribution in [1.82, 2.24) is 4.90 Å². The molecular weight excluding hydrogens is 394 g/mol. The van der Waals surface area contributed by atoms with E-state index in [1.54, 1.807) is 24.3 Å². The Morgan fingerprint density at radius 3 is 2.16 bits per heavy atom. The summed E-state index contributed by atoms with van der Waals surface area (Å²) in [4.78, 5) is 29.4. The first kappa shape index (κ1) is 22.2. The van der Waals surface area contributed by atoms with Crippen LogP contribution in [0.1, 0.15) is 47.4 Å². The highest BCUT2D eigenvalue weighted by molar-refractivity contribution is 6.02. The van der Waals surface area contributed by atoms with Gasteiger partial charge in [-0.3, -0.25) is 9.59 Å². The second kappa shape index (κ2) is 9.55. The molecule has 0 unspecified atom stereocenters. The van der Waals surface area contributed by atoms with Crippen molar-refractivity contribution in [3.8, 4) is 0 Å². The van der Waals surface area contributed by atoms with Crippen molar-refractivity contribution < 1.29 is 18.4 Å². The summed E-state index contributed by atoms with van der Waals surface area (Å²) in [6, 6.07) is 12.3. The Labute approximate surface area is 182 Å². The van der Waals surface area contributed by atoms with Gasteiger partial charge in [0, 0.05) is 38.1 Å². The number of benzene rings is 1. The van der Waals surface area contributed by atoms with Gasteiger partial charge in [0.15, 0.2) is 11.5 Å². The topological polar surface area (TPSA) is 78.9 Å². The Hall–Kier alpha value is -3.48. The van der Waals surface area contributed by atoms with Gasteiger partial charge in [-0.1, -0.05) is 13.8 Å². The first-order chi connectivity index (χ1) is 14.8. The van der Waals surface area contributed by atoms with Gasteiger partial charge in [0.05, 0.1) is 12.5 Å². The van der Waals surface area contributed by atoms with Gasteiger partial charge in [-0.05, 0) is 60.9 Å². The van der Waals surface area contributed by atoms with Crippen LogP contribution < -0.4 is 10.2 Å². The van der Waals surface area contributed by atoms with Crippen LogP contribution in [-0.4, -0.2) is 36.9 Å². The number of nitrogens with one attached hydrogen (secondary N) is 1. The molecule has 0 aliphatic carbocycles. The van der Waals surface area contributed by atoms with Gasteiger partial charge >= 0.3 is 0 Å². The van der Waals surface area contributed by atoms with E-state index in [1.165, 1.54) is 12.5 Å². The van der Waals surface area contributed by atoms with Gasteiger partial charge in [-0.2, -0.15) is 0 Å². The molecule has 0 spiro atoms. The van der Waals surface area contributed by atoms with Gasteiger partial charge in [0.25, 0.3) is 11.8 Å². The summed E-state index contributed by atoms with van der Waals surface area (Å²) in [5, 5.41) is 2.86. The molecule has 31 heavy (non-hydrogen) atoms. The first-order valence-electron chi connectivity index (χ1n) is 10.3. The van der Waals surface area contributed by atoms with E-state index in [-0.39, 0.29) is 29.5 Å². The number of amides is 2. The Bertz CT molecular complexity index is 1010. The largest absolute Gasteiger partial charge is 0.459 e. The summed E-state index contributed by atoms with van der Waals surface area (Å²) in [5.74, 6) is 0.305. The molecule has 0 fully saturated rings. The lowest BCUT2D eigenvalue weighted by Gasteiger charge is -2.32. The van der Waals surface area contributed by atoms with Gasteiger partial charge in [0.1, 0.15) is 0 Å². The lowest BCUT2D eigenvalue weighted by molar-refractivity contribution is 0.0595. The van der Waals surface area contributed by atoms with Crippen LogP contribution in [0.25, 0.3) is 0 Å². The fourth-order valence-corrected chi connectivity index (χ4v) is 3.31. The average Bonchev–Trinajstić information content (AvgIpc) is 3.45. The van der Waals surface area contributed by atoms with E-state index in [4.69, 9.17) is 8.83 Å².